The van der Waals surface area contributed by atoms with E-state index in [-0.39, 0.29) is 17.6 Å². The molecule has 164 valence electrons. The van der Waals surface area contributed by atoms with Gasteiger partial charge in [-0.15, -0.1) is 11.3 Å². The van der Waals surface area contributed by atoms with Crippen molar-refractivity contribution in [1.29, 1.82) is 0 Å². The molecule has 31 heavy (non-hydrogen) atoms. The van der Waals surface area contributed by atoms with Crippen molar-refractivity contribution in [3.8, 4) is 0 Å². The monoisotopic (exact) mass is 439 g/mol. The SMILES string of the molecule is Cc1c(C(=O)NCCCOC(C)c2ccccc2)sc2nc3n(c(=O)c12)CCCCC3. The van der Waals surface area contributed by atoms with Crippen molar-refractivity contribution < 1.29 is 9.53 Å². The molecule has 7 heteroatoms. The molecule has 1 atom stereocenters. The minimum atomic E-state index is -0.142. The summed E-state index contributed by atoms with van der Waals surface area (Å²) < 4.78 is 7.67. The Morgan fingerprint density at radius 2 is 2.06 bits per heavy atom. The highest BCUT2D eigenvalue weighted by Gasteiger charge is 2.22. The highest BCUT2D eigenvalue weighted by atomic mass is 32.1. The molecule has 0 saturated carbocycles. The lowest BCUT2D eigenvalue weighted by Gasteiger charge is -2.13. The van der Waals surface area contributed by atoms with Gasteiger partial charge >= 0.3 is 0 Å². The molecule has 3 heterocycles. The molecular formula is C24H29N3O3S. The van der Waals surface area contributed by atoms with Gasteiger partial charge in [0.05, 0.1) is 16.4 Å². The van der Waals surface area contributed by atoms with Crippen LogP contribution in [0.2, 0.25) is 0 Å². The van der Waals surface area contributed by atoms with E-state index in [4.69, 9.17) is 9.72 Å². The minimum Gasteiger partial charge on any atom is -0.374 e. The maximum Gasteiger partial charge on any atom is 0.262 e. The molecule has 4 rings (SSSR count). The highest BCUT2D eigenvalue weighted by Crippen LogP contribution is 2.28. The fourth-order valence-electron chi connectivity index (χ4n) is 4.06. The van der Waals surface area contributed by atoms with Crippen LogP contribution in [0.25, 0.3) is 10.2 Å². The fraction of sp³-hybridized carbons (Fsp3) is 0.458. The van der Waals surface area contributed by atoms with E-state index >= 15 is 0 Å². The van der Waals surface area contributed by atoms with Crippen LogP contribution in [0.1, 0.15) is 65.3 Å². The van der Waals surface area contributed by atoms with Crippen LogP contribution < -0.4 is 10.9 Å². The largest absolute Gasteiger partial charge is 0.374 e. The van der Waals surface area contributed by atoms with Crippen LogP contribution in [0, 0.1) is 6.92 Å². The lowest BCUT2D eigenvalue weighted by atomic mass is 10.1. The lowest BCUT2D eigenvalue weighted by molar-refractivity contribution is 0.0635. The van der Waals surface area contributed by atoms with E-state index in [2.05, 4.69) is 5.32 Å². The molecule has 0 radical (unpaired) electrons. The zero-order valence-electron chi connectivity index (χ0n) is 18.1. The normalized spacial score (nSPS) is 14.8. The molecule has 1 unspecified atom stereocenters. The van der Waals surface area contributed by atoms with Crippen LogP contribution in [-0.2, 0) is 17.7 Å². The molecule has 1 aliphatic rings. The van der Waals surface area contributed by atoms with Crippen LogP contribution in [0.5, 0.6) is 0 Å². The van der Waals surface area contributed by atoms with Crippen LogP contribution >= 0.6 is 11.3 Å². The van der Waals surface area contributed by atoms with Gasteiger partial charge in [-0.25, -0.2) is 4.98 Å². The van der Waals surface area contributed by atoms with Crippen molar-refractivity contribution in [1.82, 2.24) is 14.9 Å². The first-order valence-corrected chi connectivity index (χ1v) is 11.9. The zero-order valence-corrected chi connectivity index (χ0v) is 19.0. The Hall–Kier alpha value is -2.51. The summed E-state index contributed by atoms with van der Waals surface area (Å²) in [7, 11) is 0. The third-order valence-corrected chi connectivity index (χ3v) is 7.05. The fourth-order valence-corrected chi connectivity index (χ4v) is 5.17. The first-order chi connectivity index (χ1) is 15.1. The van der Waals surface area contributed by atoms with Gasteiger partial charge in [-0.2, -0.15) is 0 Å². The van der Waals surface area contributed by atoms with Crippen molar-refractivity contribution in [2.24, 2.45) is 0 Å². The van der Waals surface area contributed by atoms with Gasteiger partial charge in [0, 0.05) is 26.1 Å². The molecule has 0 spiro atoms. The number of rotatable bonds is 7. The molecule has 2 aromatic heterocycles. The molecule has 1 aliphatic heterocycles. The van der Waals surface area contributed by atoms with Crippen molar-refractivity contribution >= 4 is 27.5 Å². The van der Waals surface area contributed by atoms with E-state index in [0.717, 1.165) is 55.6 Å². The quantitative estimate of drug-likeness (QED) is 0.554. The van der Waals surface area contributed by atoms with Crippen LogP contribution in [-0.4, -0.2) is 28.6 Å². The number of carbonyl (C=O) groups excluding carboxylic acids is 1. The summed E-state index contributed by atoms with van der Waals surface area (Å²) in [5, 5.41) is 3.57. The Labute approximate surface area is 186 Å². The molecule has 0 aliphatic carbocycles. The van der Waals surface area contributed by atoms with Crippen molar-refractivity contribution in [3.63, 3.8) is 0 Å². The van der Waals surface area contributed by atoms with E-state index in [1.54, 1.807) is 0 Å². The smallest absolute Gasteiger partial charge is 0.262 e. The van der Waals surface area contributed by atoms with Crippen LogP contribution in [0.15, 0.2) is 35.1 Å². The number of ether oxygens (including phenoxy) is 1. The molecule has 0 fully saturated rings. The molecule has 1 aromatic carbocycles. The summed E-state index contributed by atoms with van der Waals surface area (Å²) in [6.45, 7) is 5.69. The van der Waals surface area contributed by atoms with Crippen LogP contribution in [0.4, 0.5) is 0 Å². The minimum absolute atomic E-state index is 0.00185. The number of aryl methyl sites for hydroxylation is 2. The van der Waals surface area contributed by atoms with Gasteiger partial charge < -0.3 is 10.1 Å². The predicted molar refractivity (Wildman–Crippen MR) is 124 cm³/mol. The first kappa shape index (κ1) is 21.7. The average Bonchev–Trinajstić information content (AvgIpc) is 2.95. The number of thiophene rings is 1. The number of nitrogens with zero attached hydrogens (tertiary/aromatic N) is 2. The van der Waals surface area contributed by atoms with Gasteiger partial charge in [0.25, 0.3) is 11.5 Å². The second-order valence-corrected chi connectivity index (χ2v) is 9.06. The van der Waals surface area contributed by atoms with E-state index in [1.807, 2.05) is 48.7 Å². The number of nitrogens with one attached hydrogen (secondary N) is 1. The topological polar surface area (TPSA) is 73.2 Å². The number of fused-ring (bicyclic) bond motifs is 2. The van der Waals surface area contributed by atoms with Crippen molar-refractivity contribution in [3.05, 3.63) is 62.5 Å². The molecular weight excluding hydrogens is 410 g/mol. The number of carbonyl (C=O) groups is 1. The number of benzene rings is 1. The summed E-state index contributed by atoms with van der Waals surface area (Å²) in [4.78, 5) is 31.8. The summed E-state index contributed by atoms with van der Waals surface area (Å²) in [5.74, 6) is 0.712. The first-order valence-electron chi connectivity index (χ1n) is 11.0. The third kappa shape index (κ3) is 4.72. The Morgan fingerprint density at radius 1 is 1.26 bits per heavy atom. The van der Waals surface area contributed by atoms with Gasteiger partial charge in [-0.05, 0) is 44.2 Å². The van der Waals surface area contributed by atoms with E-state index in [0.29, 0.717) is 28.2 Å². The van der Waals surface area contributed by atoms with Crippen LogP contribution in [0.3, 0.4) is 0 Å². The van der Waals surface area contributed by atoms with Crippen molar-refractivity contribution in [2.75, 3.05) is 13.2 Å². The van der Waals surface area contributed by atoms with Gasteiger partial charge in [-0.3, -0.25) is 14.2 Å². The lowest BCUT2D eigenvalue weighted by Crippen LogP contribution is -2.26. The second-order valence-electron chi connectivity index (χ2n) is 8.06. The summed E-state index contributed by atoms with van der Waals surface area (Å²) in [6.07, 6.45) is 4.75. The standard InChI is InChI=1S/C24H29N3O3S/c1-16-20-23(26-19-12-7-4-8-14-27(19)24(20)29)31-21(16)22(28)25-13-9-15-30-17(2)18-10-5-3-6-11-18/h3,5-6,10-11,17H,4,7-9,12-15H2,1-2H3,(H,25,28). The van der Waals surface area contributed by atoms with E-state index in [1.165, 1.54) is 11.3 Å². The molecule has 1 N–H and O–H groups in total. The summed E-state index contributed by atoms with van der Waals surface area (Å²) in [6, 6.07) is 10.1. The number of aromatic nitrogens is 2. The number of hydrogen-bond acceptors (Lipinski definition) is 5. The summed E-state index contributed by atoms with van der Waals surface area (Å²) >= 11 is 1.32. The predicted octanol–water partition coefficient (Wildman–Crippen LogP) is 4.39. The summed E-state index contributed by atoms with van der Waals surface area (Å²) in [5.41, 5.74) is 1.88. The molecule has 6 nitrogen and oxygen atoms in total. The van der Waals surface area contributed by atoms with Crippen molar-refractivity contribution in [2.45, 2.75) is 58.6 Å². The maximum absolute atomic E-state index is 13.0. The van der Waals surface area contributed by atoms with Gasteiger partial charge in [0.1, 0.15) is 10.7 Å². The Kier molecular flexibility index (Phi) is 6.83. The second kappa shape index (κ2) is 9.75. The Bertz CT molecular complexity index is 1120. The van der Waals surface area contributed by atoms with Gasteiger partial charge in [0.2, 0.25) is 0 Å². The number of amides is 1. The Balaban J connectivity index is 1.37. The van der Waals surface area contributed by atoms with E-state index < -0.39 is 0 Å². The highest BCUT2D eigenvalue weighted by molar-refractivity contribution is 7.20. The van der Waals surface area contributed by atoms with Gasteiger partial charge in [0.15, 0.2) is 0 Å². The molecule has 1 amide bonds. The maximum atomic E-state index is 13.0. The molecule has 0 saturated heterocycles. The average molecular weight is 440 g/mol. The Morgan fingerprint density at radius 3 is 2.87 bits per heavy atom. The third-order valence-electron chi connectivity index (χ3n) is 5.86. The molecule has 3 aromatic rings. The molecule has 0 bridgehead atoms. The van der Waals surface area contributed by atoms with Gasteiger partial charge in [-0.1, -0.05) is 36.8 Å². The van der Waals surface area contributed by atoms with E-state index in [9.17, 15) is 9.59 Å². The number of hydrogen-bond donors (Lipinski definition) is 1. The zero-order chi connectivity index (χ0) is 21.8.